The zero-order valence-electron chi connectivity index (χ0n) is 15.4. The Morgan fingerprint density at radius 1 is 1.00 bits per heavy atom. The summed E-state index contributed by atoms with van der Waals surface area (Å²) in [4.78, 5) is 18.6. The molecule has 2 aromatic carbocycles. The van der Waals surface area contributed by atoms with Gasteiger partial charge in [0.2, 0.25) is 0 Å². The fourth-order valence-corrected chi connectivity index (χ4v) is 3.63. The Morgan fingerprint density at radius 2 is 1.69 bits per heavy atom. The average molecular weight is 397 g/mol. The highest BCUT2D eigenvalue weighted by molar-refractivity contribution is 5.90. The lowest BCUT2D eigenvalue weighted by Crippen LogP contribution is -2.43. The van der Waals surface area contributed by atoms with E-state index in [1.54, 1.807) is 29.4 Å². The third-order valence-electron chi connectivity index (χ3n) is 5.03. The van der Waals surface area contributed by atoms with Gasteiger partial charge in [-0.2, -0.15) is 13.2 Å². The van der Waals surface area contributed by atoms with Crippen LogP contribution in [0.3, 0.4) is 0 Å². The zero-order chi connectivity index (χ0) is 20.4. The van der Waals surface area contributed by atoms with E-state index in [0.717, 1.165) is 23.3 Å². The van der Waals surface area contributed by atoms with Crippen LogP contribution < -0.4 is 5.32 Å². The third kappa shape index (κ3) is 3.94. The van der Waals surface area contributed by atoms with Crippen LogP contribution in [0.2, 0.25) is 0 Å². The zero-order valence-corrected chi connectivity index (χ0v) is 15.4. The van der Waals surface area contributed by atoms with Gasteiger partial charge in [0, 0.05) is 24.6 Å². The van der Waals surface area contributed by atoms with Gasteiger partial charge in [-0.3, -0.25) is 4.98 Å². The van der Waals surface area contributed by atoms with Crippen molar-refractivity contribution in [3.63, 3.8) is 0 Å². The number of urea groups is 1. The van der Waals surface area contributed by atoms with E-state index in [1.165, 1.54) is 12.1 Å². The second-order valence-electron chi connectivity index (χ2n) is 6.83. The van der Waals surface area contributed by atoms with Gasteiger partial charge in [0.1, 0.15) is 0 Å². The van der Waals surface area contributed by atoms with Gasteiger partial charge in [0.25, 0.3) is 0 Å². The summed E-state index contributed by atoms with van der Waals surface area (Å²) in [6.07, 6.45) is -0.568. The molecule has 3 aromatic rings. The molecule has 2 heterocycles. The van der Waals surface area contributed by atoms with Gasteiger partial charge in [0.05, 0.1) is 11.6 Å². The first-order chi connectivity index (χ1) is 13.9. The molecule has 1 aromatic heterocycles. The molecule has 0 aliphatic carbocycles. The van der Waals surface area contributed by atoms with Crippen molar-refractivity contribution < 1.29 is 18.0 Å². The van der Waals surface area contributed by atoms with E-state index in [-0.39, 0.29) is 6.03 Å². The van der Waals surface area contributed by atoms with Crippen LogP contribution >= 0.6 is 0 Å². The number of aromatic nitrogens is 1. The lowest BCUT2D eigenvalue weighted by molar-refractivity contribution is -0.137. The Bertz CT molecular complexity index is 1000. The Kier molecular flexibility index (Phi) is 4.96. The fourth-order valence-electron chi connectivity index (χ4n) is 3.63. The van der Waals surface area contributed by atoms with Crippen LogP contribution in [0, 0.1) is 0 Å². The smallest absolute Gasteiger partial charge is 0.313 e. The SMILES string of the molecule is O=C(Nc1ccncc1)N1CCc2ccccc2C1c1ccc(C(F)(F)F)cc1. The van der Waals surface area contributed by atoms with E-state index >= 15 is 0 Å². The molecule has 1 N–H and O–H groups in total. The van der Waals surface area contributed by atoms with Crippen molar-refractivity contribution in [2.45, 2.75) is 18.6 Å². The van der Waals surface area contributed by atoms with E-state index in [1.807, 2.05) is 24.3 Å². The molecular weight excluding hydrogens is 379 g/mol. The maximum Gasteiger partial charge on any atom is 0.416 e. The Labute approximate surface area is 166 Å². The highest BCUT2D eigenvalue weighted by Gasteiger charge is 2.34. The molecule has 4 nitrogen and oxygen atoms in total. The summed E-state index contributed by atoms with van der Waals surface area (Å²) < 4.78 is 38.9. The van der Waals surface area contributed by atoms with Crippen molar-refractivity contribution in [3.05, 3.63) is 95.3 Å². The van der Waals surface area contributed by atoms with Crippen LogP contribution in [0.25, 0.3) is 0 Å². The summed E-state index contributed by atoms with van der Waals surface area (Å²) >= 11 is 0. The number of carbonyl (C=O) groups is 1. The number of nitrogens with one attached hydrogen (secondary N) is 1. The van der Waals surface area contributed by atoms with Crippen LogP contribution in [0.4, 0.5) is 23.7 Å². The number of halogens is 3. The molecule has 2 amide bonds. The Hall–Kier alpha value is -3.35. The molecule has 1 aliphatic rings. The van der Waals surface area contributed by atoms with Crippen molar-refractivity contribution in [1.82, 2.24) is 9.88 Å². The first-order valence-electron chi connectivity index (χ1n) is 9.16. The molecule has 1 unspecified atom stereocenters. The highest BCUT2D eigenvalue weighted by atomic mass is 19.4. The molecule has 0 saturated carbocycles. The monoisotopic (exact) mass is 397 g/mol. The second-order valence-corrected chi connectivity index (χ2v) is 6.83. The van der Waals surface area contributed by atoms with Crippen molar-refractivity contribution in [1.29, 1.82) is 0 Å². The standard InChI is InChI=1S/C22H18F3N3O/c23-22(24,25)17-7-5-16(6-8-17)20-19-4-2-1-3-15(19)11-14-28(20)21(29)27-18-9-12-26-13-10-18/h1-10,12-13,20H,11,14H2,(H,26,27,29). The first kappa shape index (κ1) is 19.0. The molecule has 0 fully saturated rings. The lowest BCUT2D eigenvalue weighted by Gasteiger charge is -2.37. The number of hydrogen-bond acceptors (Lipinski definition) is 2. The second kappa shape index (κ2) is 7.58. The van der Waals surface area contributed by atoms with Crippen LogP contribution in [0.15, 0.2) is 73.1 Å². The Balaban J connectivity index is 1.70. The van der Waals surface area contributed by atoms with Gasteiger partial charge in [-0.15, -0.1) is 0 Å². The number of benzene rings is 2. The maximum atomic E-state index is 13.0. The number of hydrogen-bond donors (Lipinski definition) is 1. The third-order valence-corrected chi connectivity index (χ3v) is 5.03. The van der Waals surface area contributed by atoms with Crippen molar-refractivity contribution in [2.24, 2.45) is 0 Å². The molecule has 0 spiro atoms. The number of pyridine rings is 1. The highest BCUT2D eigenvalue weighted by Crippen LogP contribution is 2.37. The van der Waals surface area contributed by atoms with Gasteiger partial charge in [-0.05, 0) is 47.4 Å². The number of anilines is 1. The summed E-state index contributed by atoms with van der Waals surface area (Å²) in [5.74, 6) is 0. The topological polar surface area (TPSA) is 45.2 Å². The molecule has 7 heteroatoms. The number of carbonyl (C=O) groups excluding carboxylic acids is 1. The minimum absolute atomic E-state index is 0.310. The summed E-state index contributed by atoms with van der Waals surface area (Å²) in [6, 6.07) is 15.3. The number of fused-ring (bicyclic) bond motifs is 1. The number of rotatable bonds is 2. The summed E-state index contributed by atoms with van der Waals surface area (Å²) in [5, 5.41) is 2.84. The van der Waals surface area contributed by atoms with Crippen LogP contribution in [0.1, 0.15) is 28.3 Å². The minimum atomic E-state index is -4.40. The van der Waals surface area contributed by atoms with Gasteiger partial charge >= 0.3 is 12.2 Å². The fraction of sp³-hybridized carbons (Fsp3) is 0.182. The maximum absolute atomic E-state index is 13.0. The Morgan fingerprint density at radius 3 is 2.38 bits per heavy atom. The molecule has 29 heavy (non-hydrogen) atoms. The first-order valence-corrected chi connectivity index (χ1v) is 9.16. The molecule has 0 saturated heterocycles. The molecule has 0 bridgehead atoms. The van der Waals surface area contributed by atoms with Crippen molar-refractivity contribution in [2.75, 3.05) is 11.9 Å². The van der Waals surface area contributed by atoms with Crippen molar-refractivity contribution in [3.8, 4) is 0 Å². The number of amides is 2. The van der Waals surface area contributed by atoms with Gasteiger partial charge < -0.3 is 10.2 Å². The average Bonchev–Trinajstić information content (AvgIpc) is 2.73. The van der Waals surface area contributed by atoms with E-state index in [4.69, 9.17) is 0 Å². The van der Waals surface area contributed by atoms with E-state index in [0.29, 0.717) is 24.2 Å². The predicted molar refractivity (Wildman–Crippen MR) is 103 cm³/mol. The lowest BCUT2D eigenvalue weighted by atomic mass is 9.88. The van der Waals surface area contributed by atoms with Gasteiger partial charge in [0.15, 0.2) is 0 Å². The minimum Gasteiger partial charge on any atom is -0.313 e. The molecule has 148 valence electrons. The quantitative estimate of drug-likeness (QED) is 0.639. The molecule has 1 atom stereocenters. The van der Waals surface area contributed by atoms with Crippen LogP contribution in [-0.4, -0.2) is 22.5 Å². The summed E-state index contributed by atoms with van der Waals surface area (Å²) in [7, 11) is 0. The van der Waals surface area contributed by atoms with Crippen molar-refractivity contribution >= 4 is 11.7 Å². The van der Waals surface area contributed by atoms with Gasteiger partial charge in [-0.1, -0.05) is 36.4 Å². The predicted octanol–water partition coefficient (Wildman–Crippen LogP) is 5.28. The van der Waals surface area contributed by atoms with Crippen LogP contribution in [-0.2, 0) is 12.6 Å². The molecule has 1 aliphatic heterocycles. The van der Waals surface area contributed by atoms with Crippen LogP contribution in [0.5, 0.6) is 0 Å². The van der Waals surface area contributed by atoms with E-state index in [2.05, 4.69) is 10.3 Å². The number of nitrogens with zero attached hydrogens (tertiary/aromatic N) is 2. The van der Waals surface area contributed by atoms with E-state index in [9.17, 15) is 18.0 Å². The van der Waals surface area contributed by atoms with Gasteiger partial charge in [-0.25, -0.2) is 4.79 Å². The summed E-state index contributed by atoms with van der Waals surface area (Å²) in [5.41, 5.74) is 2.54. The molecule has 0 radical (unpaired) electrons. The molecule has 4 rings (SSSR count). The van der Waals surface area contributed by atoms with E-state index < -0.39 is 17.8 Å². The largest absolute Gasteiger partial charge is 0.416 e. The molecular formula is C22H18F3N3O. The number of alkyl halides is 3. The normalized spacial score (nSPS) is 16.2. The summed E-state index contributed by atoms with van der Waals surface area (Å²) in [6.45, 7) is 0.458.